The van der Waals surface area contributed by atoms with E-state index in [2.05, 4.69) is 10.5 Å². The Morgan fingerprint density at radius 3 is 2.52 bits per heavy atom. The maximum atomic E-state index is 12.7. The Hall–Kier alpha value is -3.06. The number of benzene rings is 2. The fourth-order valence-electron chi connectivity index (χ4n) is 2.39. The van der Waals surface area contributed by atoms with Gasteiger partial charge in [-0.05, 0) is 54.6 Å². The van der Waals surface area contributed by atoms with Crippen LogP contribution in [0.5, 0.6) is 0 Å². The molecule has 1 N–H and O–H groups in total. The van der Waals surface area contributed by atoms with Crippen LogP contribution < -0.4 is 5.43 Å². The Balaban J connectivity index is 1.73. The molecular formula is C19H13ClF3N3O. The first-order valence-corrected chi connectivity index (χ1v) is 8.16. The van der Waals surface area contributed by atoms with Crippen molar-refractivity contribution < 1.29 is 18.0 Å². The number of hydrazone groups is 1. The molecule has 0 aliphatic heterocycles. The molecule has 0 bridgehead atoms. The fraction of sp³-hybridized carbons (Fsp3) is 0.0526. The van der Waals surface area contributed by atoms with Crippen molar-refractivity contribution in [3.63, 3.8) is 0 Å². The maximum Gasteiger partial charge on any atom is 0.416 e. The predicted molar refractivity (Wildman–Crippen MR) is 97.3 cm³/mol. The Kier molecular flexibility index (Phi) is 5.32. The first kappa shape index (κ1) is 18.7. The summed E-state index contributed by atoms with van der Waals surface area (Å²) >= 11 is 5.88. The zero-order valence-corrected chi connectivity index (χ0v) is 14.5. The maximum absolute atomic E-state index is 12.7. The van der Waals surface area contributed by atoms with Gasteiger partial charge in [0.1, 0.15) is 0 Å². The van der Waals surface area contributed by atoms with Gasteiger partial charge in [-0.15, -0.1) is 0 Å². The number of amides is 1. The van der Waals surface area contributed by atoms with E-state index in [4.69, 9.17) is 11.6 Å². The molecule has 0 atom stereocenters. The van der Waals surface area contributed by atoms with Crippen molar-refractivity contribution in [3.05, 3.63) is 88.7 Å². The quantitative estimate of drug-likeness (QED) is 0.498. The van der Waals surface area contributed by atoms with E-state index in [0.717, 1.165) is 17.8 Å². The summed E-state index contributed by atoms with van der Waals surface area (Å²) in [6.07, 6.45) is -1.31. The Labute approximate surface area is 157 Å². The molecule has 4 nitrogen and oxygen atoms in total. The molecule has 27 heavy (non-hydrogen) atoms. The number of nitrogens with zero attached hydrogens (tertiary/aromatic N) is 2. The van der Waals surface area contributed by atoms with E-state index in [1.165, 1.54) is 18.3 Å². The summed E-state index contributed by atoms with van der Waals surface area (Å²) < 4.78 is 40.0. The lowest BCUT2D eigenvalue weighted by molar-refractivity contribution is -0.137. The number of carbonyl (C=O) groups is 1. The van der Waals surface area contributed by atoms with E-state index in [-0.39, 0.29) is 5.56 Å². The molecular weight excluding hydrogens is 379 g/mol. The summed E-state index contributed by atoms with van der Waals surface area (Å²) in [6, 6.07) is 14.8. The Morgan fingerprint density at radius 1 is 1.07 bits per heavy atom. The number of aromatic nitrogens is 1. The molecule has 1 amide bonds. The highest BCUT2D eigenvalue weighted by Gasteiger charge is 2.30. The van der Waals surface area contributed by atoms with Crippen LogP contribution in [0.15, 0.2) is 72.0 Å². The van der Waals surface area contributed by atoms with Crippen molar-refractivity contribution in [1.29, 1.82) is 0 Å². The number of nitrogens with one attached hydrogen (secondary N) is 1. The van der Waals surface area contributed by atoms with Crippen LogP contribution in [0.25, 0.3) is 5.69 Å². The highest BCUT2D eigenvalue weighted by atomic mass is 35.5. The van der Waals surface area contributed by atoms with Crippen LogP contribution in [-0.2, 0) is 6.18 Å². The van der Waals surface area contributed by atoms with Gasteiger partial charge in [0.05, 0.1) is 17.5 Å². The SMILES string of the molecule is O=C(N/N=C/c1cccn1-c1ccc(Cl)cc1)c1cccc(C(F)(F)F)c1. The second-order valence-electron chi connectivity index (χ2n) is 5.56. The molecule has 0 unspecified atom stereocenters. The highest BCUT2D eigenvalue weighted by molar-refractivity contribution is 6.30. The normalized spacial score (nSPS) is 11.7. The predicted octanol–water partition coefficient (Wildman–Crippen LogP) is 4.91. The van der Waals surface area contributed by atoms with Crippen molar-refractivity contribution in [1.82, 2.24) is 9.99 Å². The van der Waals surface area contributed by atoms with E-state index < -0.39 is 17.6 Å². The Bertz CT molecular complexity index is 978. The number of carbonyl (C=O) groups excluding carboxylic acids is 1. The second kappa shape index (κ2) is 7.67. The Morgan fingerprint density at radius 2 is 1.81 bits per heavy atom. The van der Waals surface area contributed by atoms with Gasteiger partial charge in [0.2, 0.25) is 0 Å². The summed E-state index contributed by atoms with van der Waals surface area (Å²) in [7, 11) is 0. The zero-order chi connectivity index (χ0) is 19.4. The van der Waals surface area contributed by atoms with Crippen LogP contribution >= 0.6 is 11.6 Å². The molecule has 0 aliphatic carbocycles. The minimum Gasteiger partial charge on any atom is -0.316 e. The summed E-state index contributed by atoms with van der Waals surface area (Å²) in [5.74, 6) is -0.734. The van der Waals surface area contributed by atoms with E-state index in [1.807, 2.05) is 16.7 Å². The van der Waals surface area contributed by atoms with Crippen LogP contribution in [0.4, 0.5) is 13.2 Å². The molecule has 0 fully saturated rings. The fourth-order valence-corrected chi connectivity index (χ4v) is 2.52. The molecule has 0 saturated carbocycles. The highest BCUT2D eigenvalue weighted by Crippen LogP contribution is 2.29. The van der Waals surface area contributed by atoms with Crippen LogP contribution in [0.3, 0.4) is 0 Å². The second-order valence-corrected chi connectivity index (χ2v) is 5.99. The molecule has 0 radical (unpaired) electrons. The zero-order valence-electron chi connectivity index (χ0n) is 13.7. The van der Waals surface area contributed by atoms with Gasteiger partial charge < -0.3 is 4.57 Å². The van der Waals surface area contributed by atoms with E-state index in [0.29, 0.717) is 10.7 Å². The average molecular weight is 392 g/mol. The lowest BCUT2D eigenvalue weighted by atomic mass is 10.1. The number of alkyl halides is 3. The third-order valence-corrected chi connectivity index (χ3v) is 3.95. The third-order valence-electron chi connectivity index (χ3n) is 3.70. The van der Waals surface area contributed by atoms with Gasteiger partial charge in [0.25, 0.3) is 5.91 Å². The van der Waals surface area contributed by atoms with Gasteiger partial charge in [-0.2, -0.15) is 18.3 Å². The topological polar surface area (TPSA) is 46.4 Å². The van der Waals surface area contributed by atoms with Gasteiger partial charge >= 0.3 is 6.18 Å². The van der Waals surface area contributed by atoms with Gasteiger partial charge in [-0.1, -0.05) is 17.7 Å². The third kappa shape index (κ3) is 4.57. The van der Waals surface area contributed by atoms with Crippen molar-refractivity contribution in [3.8, 4) is 5.69 Å². The molecule has 1 aromatic heterocycles. The lowest BCUT2D eigenvalue weighted by Crippen LogP contribution is -2.18. The van der Waals surface area contributed by atoms with E-state index >= 15 is 0 Å². The van der Waals surface area contributed by atoms with Gasteiger partial charge in [0, 0.05) is 22.5 Å². The molecule has 0 saturated heterocycles. The molecule has 2 aromatic carbocycles. The number of rotatable bonds is 4. The molecule has 0 spiro atoms. The van der Waals surface area contributed by atoms with E-state index in [9.17, 15) is 18.0 Å². The first-order chi connectivity index (χ1) is 12.8. The molecule has 1 heterocycles. The minimum absolute atomic E-state index is 0.130. The molecule has 3 rings (SSSR count). The van der Waals surface area contributed by atoms with E-state index in [1.54, 1.807) is 30.5 Å². The average Bonchev–Trinajstić information content (AvgIpc) is 3.10. The van der Waals surface area contributed by atoms with Crippen LogP contribution in [0, 0.1) is 0 Å². The summed E-state index contributed by atoms with van der Waals surface area (Å²) in [6.45, 7) is 0. The van der Waals surface area contributed by atoms with Crippen LogP contribution in [0.2, 0.25) is 5.02 Å². The molecule has 138 valence electrons. The van der Waals surface area contributed by atoms with Crippen molar-refractivity contribution in [2.75, 3.05) is 0 Å². The smallest absolute Gasteiger partial charge is 0.316 e. The summed E-state index contributed by atoms with van der Waals surface area (Å²) in [4.78, 5) is 12.0. The monoisotopic (exact) mass is 391 g/mol. The molecule has 8 heteroatoms. The summed E-state index contributed by atoms with van der Waals surface area (Å²) in [5, 5.41) is 4.44. The van der Waals surface area contributed by atoms with Crippen LogP contribution in [0.1, 0.15) is 21.6 Å². The van der Waals surface area contributed by atoms with Gasteiger partial charge in [-0.3, -0.25) is 4.79 Å². The van der Waals surface area contributed by atoms with Gasteiger partial charge in [-0.25, -0.2) is 5.43 Å². The molecule has 0 aliphatic rings. The lowest BCUT2D eigenvalue weighted by Gasteiger charge is -2.08. The van der Waals surface area contributed by atoms with Crippen molar-refractivity contribution >= 4 is 23.7 Å². The largest absolute Gasteiger partial charge is 0.416 e. The standard InChI is InChI=1S/C19H13ClF3N3O/c20-15-6-8-16(9-7-15)26-10-2-5-17(26)12-24-25-18(27)13-3-1-4-14(11-13)19(21,22)23/h1-12H,(H,25,27)/b24-12+. The number of hydrogen-bond acceptors (Lipinski definition) is 2. The first-order valence-electron chi connectivity index (χ1n) is 7.78. The summed E-state index contributed by atoms with van der Waals surface area (Å²) in [5.41, 5.74) is 2.72. The van der Waals surface area contributed by atoms with Crippen molar-refractivity contribution in [2.45, 2.75) is 6.18 Å². The number of halogens is 4. The molecule has 3 aromatic rings. The van der Waals surface area contributed by atoms with Crippen molar-refractivity contribution in [2.24, 2.45) is 5.10 Å². The van der Waals surface area contributed by atoms with Crippen LogP contribution in [-0.4, -0.2) is 16.7 Å². The number of hydrogen-bond donors (Lipinski definition) is 1. The minimum atomic E-state index is -4.51. The van der Waals surface area contributed by atoms with Gasteiger partial charge in [0.15, 0.2) is 0 Å².